The van der Waals surface area contributed by atoms with E-state index in [0.29, 0.717) is 0 Å². The predicted molar refractivity (Wildman–Crippen MR) is 84.4 cm³/mol. The minimum atomic E-state index is 1.12. The Morgan fingerprint density at radius 1 is 0.789 bits per heavy atom. The van der Waals surface area contributed by atoms with Gasteiger partial charge in [0.15, 0.2) is 0 Å². The van der Waals surface area contributed by atoms with Crippen LogP contribution in [0.4, 0.5) is 0 Å². The molecule has 0 aliphatic rings. The molecular weight excluding hydrogens is 230 g/mol. The molecule has 0 atom stereocenters. The van der Waals surface area contributed by atoms with E-state index in [2.05, 4.69) is 32.9 Å². The number of unbranched alkanes of at least 4 members (excludes halogenated alkanes) is 6. The van der Waals surface area contributed by atoms with E-state index in [0.717, 1.165) is 18.4 Å². The molecule has 0 aliphatic carbocycles. The first-order valence-electron chi connectivity index (χ1n) is 8.08. The predicted octanol–water partition coefficient (Wildman–Crippen LogP) is 5.51. The van der Waals surface area contributed by atoms with Crippen LogP contribution in [-0.4, -0.2) is 4.98 Å². The molecule has 1 radical (unpaired) electrons. The molecule has 1 heterocycles. The molecule has 0 aromatic carbocycles. The van der Waals surface area contributed by atoms with Gasteiger partial charge in [0.05, 0.1) is 0 Å². The third kappa shape index (κ3) is 7.34. The summed E-state index contributed by atoms with van der Waals surface area (Å²) < 4.78 is 0. The van der Waals surface area contributed by atoms with Crippen molar-refractivity contribution in [1.82, 2.24) is 4.98 Å². The molecule has 0 saturated heterocycles. The van der Waals surface area contributed by atoms with Gasteiger partial charge in [0.2, 0.25) is 0 Å². The van der Waals surface area contributed by atoms with E-state index in [1.807, 2.05) is 0 Å². The first-order valence-corrected chi connectivity index (χ1v) is 8.08. The van der Waals surface area contributed by atoms with Gasteiger partial charge in [-0.1, -0.05) is 52.4 Å². The Morgan fingerprint density at radius 3 is 1.68 bits per heavy atom. The molecule has 0 bridgehead atoms. The van der Waals surface area contributed by atoms with Crippen LogP contribution in [0.15, 0.2) is 12.1 Å². The van der Waals surface area contributed by atoms with E-state index in [-0.39, 0.29) is 0 Å². The van der Waals surface area contributed by atoms with Gasteiger partial charge >= 0.3 is 0 Å². The lowest BCUT2D eigenvalue weighted by Gasteiger charge is -2.07. The Labute approximate surface area is 119 Å². The summed E-state index contributed by atoms with van der Waals surface area (Å²) in [5, 5.41) is 0. The lowest BCUT2D eigenvalue weighted by Crippen LogP contribution is -1.98. The summed E-state index contributed by atoms with van der Waals surface area (Å²) in [5.41, 5.74) is 3.62. The number of hydrogen-bond acceptors (Lipinski definition) is 1. The molecule has 1 aromatic heterocycles. The molecule has 1 heteroatoms. The van der Waals surface area contributed by atoms with Crippen molar-refractivity contribution in [2.75, 3.05) is 0 Å². The average molecular weight is 260 g/mol. The van der Waals surface area contributed by atoms with Crippen LogP contribution < -0.4 is 0 Å². The minimum Gasteiger partial charge on any atom is -0.258 e. The fourth-order valence-corrected chi connectivity index (χ4v) is 2.44. The average Bonchev–Trinajstić information content (AvgIpc) is 2.39. The maximum absolute atomic E-state index is 4.79. The van der Waals surface area contributed by atoms with Gasteiger partial charge in [-0.2, -0.15) is 0 Å². The highest BCUT2D eigenvalue weighted by molar-refractivity contribution is 5.24. The fourth-order valence-electron chi connectivity index (χ4n) is 2.44. The zero-order chi connectivity index (χ0) is 13.9. The quantitative estimate of drug-likeness (QED) is 0.505. The van der Waals surface area contributed by atoms with E-state index < -0.39 is 0 Å². The van der Waals surface area contributed by atoms with Crippen molar-refractivity contribution in [3.63, 3.8) is 0 Å². The molecule has 0 saturated carbocycles. The summed E-state index contributed by atoms with van der Waals surface area (Å²) in [4.78, 5) is 4.79. The molecule has 0 N–H and O–H groups in total. The second-order valence-corrected chi connectivity index (χ2v) is 5.58. The van der Waals surface area contributed by atoms with Crippen molar-refractivity contribution < 1.29 is 0 Å². The normalized spacial score (nSPS) is 10.9. The molecule has 1 nitrogen and oxygen atoms in total. The van der Waals surface area contributed by atoms with E-state index in [4.69, 9.17) is 4.98 Å². The van der Waals surface area contributed by atoms with Crippen LogP contribution in [0.5, 0.6) is 0 Å². The van der Waals surface area contributed by atoms with E-state index in [9.17, 15) is 0 Å². The second kappa shape index (κ2) is 10.00. The smallest absolute Gasteiger partial charge is 0.0409 e. The highest BCUT2D eigenvalue weighted by atomic mass is 14.7. The van der Waals surface area contributed by atoms with Gasteiger partial charge < -0.3 is 0 Å². The number of rotatable bonds is 10. The molecule has 107 valence electrons. The minimum absolute atomic E-state index is 1.12. The van der Waals surface area contributed by atoms with Crippen molar-refractivity contribution in [2.24, 2.45) is 0 Å². The number of aryl methyl sites for hydroxylation is 2. The Balaban J connectivity index is 2.41. The fraction of sp³-hybridized carbons (Fsp3) is 0.667. The Kier molecular flexibility index (Phi) is 8.53. The summed E-state index contributed by atoms with van der Waals surface area (Å²) in [7, 11) is 0. The highest BCUT2D eigenvalue weighted by Crippen LogP contribution is 2.12. The van der Waals surface area contributed by atoms with Crippen molar-refractivity contribution >= 4 is 0 Å². The topological polar surface area (TPSA) is 12.9 Å². The third-order valence-corrected chi connectivity index (χ3v) is 3.56. The van der Waals surface area contributed by atoms with Gasteiger partial charge in [-0.05, 0) is 50.3 Å². The summed E-state index contributed by atoms with van der Waals surface area (Å²) in [6.07, 6.45) is 12.7. The molecular formula is C18H30N. The van der Waals surface area contributed by atoms with E-state index in [1.54, 1.807) is 0 Å². The Morgan fingerprint density at radius 2 is 1.26 bits per heavy atom. The first kappa shape index (κ1) is 16.2. The van der Waals surface area contributed by atoms with Gasteiger partial charge in [0.25, 0.3) is 0 Å². The zero-order valence-electron chi connectivity index (χ0n) is 12.9. The number of hydrogen-bond donors (Lipinski definition) is 0. The molecule has 1 aromatic rings. The molecule has 19 heavy (non-hydrogen) atoms. The van der Waals surface area contributed by atoms with Crippen LogP contribution in [0.2, 0.25) is 0 Å². The van der Waals surface area contributed by atoms with Gasteiger partial charge in [-0.15, -0.1) is 0 Å². The Hall–Kier alpha value is -0.850. The van der Waals surface area contributed by atoms with Gasteiger partial charge in [0, 0.05) is 11.4 Å². The van der Waals surface area contributed by atoms with Crippen LogP contribution in [0, 0.1) is 6.92 Å². The van der Waals surface area contributed by atoms with Crippen LogP contribution in [0.3, 0.4) is 0 Å². The number of pyridine rings is 1. The lowest BCUT2D eigenvalue weighted by atomic mass is 10.1. The number of nitrogens with zero attached hydrogens (tertiary/aromatic N) is 1. The molecule has 0 fully saturated rings. The first-order chi connectivity index (χ1) is 9.26. The van der Waals surface area contributed by atoms with Crippen molar-refractivity contribution in [3.8, 4) is 0 Å². The third-order valence-electron chi connectivity index (χ3n) is 3.56. The van der Waals surface area contributed by atoms with Crippen LogP contribution in [0.25, 0.3) is 0 Å². The molecule has 0 amide bonds. The van der Waals surface area contributed by atoms with Crippen LogP contribution >= 0.6 is 0 Å². The lowest BCUT2D eigenvalue weighted by molar-refractivity contribution is 0.648. The zero-order valence-corrected chi connectivity index (χ0v) is 12.9. The monoisotopic (exact) mass is 260 g/mol. The SMILES string of the molecule is [CH2]c1cc(CCCCCC)nc(CCCCCC)c1. The standard InChI is InChI=1S/C18H30N/c1-4-6-8-10-12-17-14-16(3)15-18(19-17)13-11-9-7-5-2/h14-15H,3-13H2,1-2H3. The maximum atomic E-state index is 4.79. The second-order valence-electron chi connectivity index (χ2n) is 5.58. The van der Waals surface area contributed by atoms with E-state index >= 15 is 0 Å². The summed E-state index contributed by atoms with van der Waals surface area (Å²) in [6, 6.07) is 4.31. The molecule has 1 rings (SSSR count). The molecule has 0 spiro atoms. The van der Waals surface area contributed by atoms with Crippen molar-refractivity contribution in [2.45, 2.75) is 78.1 Å². The van der Waals surface area contributed by atoms with Crippen molar-refractivity contribution in [3.05, 3.63) is 36.0 Å². The van der Waals surface area contributed by atoms with Gasteiger partial charge in [0.1, 0.15) is 0 Å². The molecule has 0 aliphatic heterocycles. The summed E-state index contributed by atoms with van der Waals surface area (Å²) in [5.74, 6) is 0. The van der Waals surface area contributed by atoms with Gasteiger partial charge in [-0.3, -0.25) is 4.98 Å². The molecule has 0 unspecified atom stereocenters. The number of aromatic nitrogens is 1. The van der Waals surface area contributed by atoms with E-state index in [1.165, 1.54) is 62.8 Å². The largest absolute Gasteiger partial charge is 0.258 e. The summed E-state index contributed by atoms with van der Waals surface area (Å²) in [6.45, 7) is 8.60. The highest BCUT2D eigenvalue weighted by Gasteiger charge is 2.01. The Bertz CT molecular complexity index is 313. The summed E-state index contributed by atoms with van der Waals surface area (Å²) >= 11 is 0. The van der Waals surface area contributed by atoms with Crippen LogP contribution in [-0.2, 0) is 12.8 Å². The van der Waals surface area contributed by atoms with Crippen LogP contribution in [0.1, 0.15) is 82.2 Å². The maximum Gasteiger partial charge on any atom is 0.0409 e. The van der Waals surface area contributed by atoms with Gasteiger partial charge in [-0.25, -0.2) is 0 Å². The van der Waals surface area contributed by atoms with Crippen molar-refractivity contribution in [1.29, 1.82) is 0 Å².